The topological polar surface area (TPSA) is 106 Å². The summed E-state index contributed by atoms with van der Waals surface area (Å²) < 4.78 is 14.8. The number of esters is 2. The molecule has 0 aromatic heterocycles. The van der Waals surface area contributed by atoms with Crippen LogP contribution in [-0.4, -0.2) is 59.8 Å². The number of rotatable bonds is 9. The number of carbonyl (C=O) groups is 2. The number of aliphatic hydroxyl groups excluding tert-OH is 2. The summed E-state index contributed by atoms with van der Waals surface area (Å²) in [5.41, 5.74) is 0.498. The van der Waals surface area contributed by atoms with Crippen LogP contribution in [0.3, 0.4) is 0 Å². The standard InChI is InChI=1S/C15H22O7/c1-8(2)14(18)20-6-10(16)5-12-13(22-12)11(17)7-21-15(19)9(3)4/h10-13,16-17H,1,3,5-7H2,2,4H3. The number of epoxide rings is 1. The van der Waals surface area contributed by atoms with Crippen LogP contribution in [0, 0.1) is 0 Å². The minimum Gasteiger partial charge on any atom is -0.460 e. The first-order valence-electron chi connectivity index (χ1n) is 6.89. The number of carbonyl (C=O) groups excluding carboxylic acids is 2. The maximum absolute atomic E-state index is 11.2. The van der Waals surface area contributed by atoms with Crippen molar-refractivity contribution in [2.75, 3.05) is 13.2 Å². The van der Waals surface area contributed by atoms with Gasteiger partial charge in [0, 0.05) is 17.6 Å². The molecule has 0 aromatic rings. The molecule has 1 rings (SSSR count). The van der Waals surface area contributed by atoms with Crippen molar-refractivity contribution < 1.29 is 34.0 Å². The minimum atomic E-state index is -0.974. The predicted molar refractivity (Wildman–Crippen MR) is 76.8 cm³/mol. The Kier molecular flexibility index (Phi) is 6.73. The predicted octanol–water partition coefficient (Wildman–Crippen LogP) is 0.104. The molecule has 1 aliphatic rings. The van der Waals surface area contributed by atoms with Gasteiger partial charge in [-0.1, -0.05) is 13.2 Å². The molecule has 4 unspecified atom stereocenters. The molecule has 1 fully saturated rings. The molecule has 7 heteroatoms. The van der Waals surface area contributed by atoms with Gasteiger partial charge in [0.15, 0.2) is 0 Å². The molecule has 0 saturated carbocycles. The summed E-state index contributed by atoms with van der Waals surface area (Å²) in [6, 6.07) is 0. The van der Waals surface area contributed by atoms with Gasteiger partial charge in [-0.2, -0.15) is 0 Å². The first-order chi connectivity index (χ1) is 10.2. The third-order valence-electron chi connectivity index (χ3n) is 2.99. The van der Waals surface area contributed by atoms with E-state index in [0.29, 0.717) is 0 Å². The van der Waals surface area contributed by atoms with Gasteiger partial charge in [0.2, 0.25) is 0 Å². The van der Waals surface area contributed by atoms with Crippen molar-refractivity contribution in [1.82, 2.24) is 0 Å². The van der Waals surface area contributed by atoms with Crippen LogP contribution in [0.25, 0.3) is 0 Å². The van der Waals surface area contributed by atoms with Crippen molar-refractivity contribution in [3.8, 4) is 0 Å². The highest BCUT2D eigenvalue weighted by atomic mass is 16.6. The molecule has 0 amide bonds. The second-order valence-electron chi connectivity index (χ2n) is 5.35. The maximum atomic E-state index is 11.2. The quantitative estimate of drug-likeness (QED) is 0.353. The largest absolute Gasteiger partial charge is 0.460 e. The Hall–Kier alpha value is -1.70. The monoisotopic (exact) mass is 314 g/mol. The van der Waals surface area contributed by atoms with Gasteiger partial charge in [0.25, 0.3) is 0 Å². The summed E-state index contributed by atoms with van der Waals surface area (Å²) in [6.45, 7) is 9.50. The van der Waals surface area contributed by atoms with E-state index in [4.69, 9.17) is 14.2 Å². The van der Waals surface area contributed by atoms with E-state index in [2.05, 4.69) is 13.2 Å². The minimum absolute atomic E-state index is 0.168. The average molecular weight is 314 g/mol. The Morgan fingerprint density at radius 1 is 1.09 bits per heavy atom. The second kappa shape index (κ2) is 8.07. The normalized spacial score (nSPS) is 22.4. The van der Waals surface area contributed by atoms with E-state index >= 15 is 0 Å². The zero-order valence-corrected chi connectivity index (χ0v) is 12.8. The molecule has 0 radical (unpaired) electrons. The lowest BCUT2D eigenvalue weighted by molar-refractivity contribution is -0.142. The maximum Gasteiger partial charge on any atom is 0.333 e. The lowest BCUT2D eigenvalue weighted by atomic mass is 10.1. The van der Waals surface area contributed by atoms with Gasteiger partial charge >= 0.3 is 11.9 Å². The fourth-order valence-corrected chi connectivity index (χ4v) is 1.70. The molecule has 2 N–H and O–H groups in total. The Morgan fingerprint density at radius 3 is 2.09 bits per heavy atom. The summed E-state index contributed by atoms with van der Waals surface area (Å²) in [6.07, 6.45) is -2.54. The summed E-state index contributed by atoms with van der Waals surface area (Å²) in [7, 11) is 0. The zero-order chi connectivity index (χ0) is 16.9. The van der Waals surface area contributed by atoms with Crippen molar-refractivity contribution in [2.24, 2.45) is 0 Å². The molecule has 0 aromatic carbocycles. The molecular formula is C15H22O7. The van der Waals surface area contributed by atoms with Gasteiger partial charge in [-0.25, -0.2) is 9.59 Å². The van der Waals surface area contributed by atoms with Crippen LogP contribution in [0.15, 0.2) is 24.3 Å². The molecule has 4 atom stereocenters. The molecule has 124 valence electrons. The van der Waals surface area contributed by atoms with E-state index in [1.807, 2.05) is 0 Å². The van der Waals surface area contributed by atoms with Gasteiger partial charge in [0.05, 0.1) is 12.2 Å². The van der Waals surface area contributed by atoms with Gasteiger partial charge in [-0.3, -0.25) is 0 Å². The van der Waals surface area contributed by atoms with Crippen LogP contribution in [-0.2, 0) is 23.8 Å². The van der Waals surface area contributed by atoms with Crippen molar-refractivity contribution in [3.63, 3.8) is 0 Å². The molecule has 1 heterocycles. The summed E-state index contributed by atoms with van der Waals surface area (Å²) in [5.74, 6) is -1.15. The second-order valence-corrected chi connectivity index (χ2v) is 5.35. The third kappa shape index (κ3) is 5.97. The van der Waals surface area contributed by atoms with Crippen molar-refractivity contribution in [2.45, 2.75) is 44.7 Å². The number of hydrogen-bond donors (Lipinski definition) is 2. The van der Waals surface area contributed by atoms with Crippen molar-refractivity contribution >= 4 is 11.9 Å². The van der Waals surface area contributed by atoms with Crippen LogP contribution in [0.1, 0.15) is 20.3 Å². The highest BCUT2D eigenvalue weighted by molar-refractivity contribution is 5.87. The molecule has 1 saturated heterocycles. The Labute approximate surface area is 129 Å². The van der Waals surface area contributed by atoms with Crippen LogP contribution in [0.2, 0.25) is 0 Å². The van der Waals surface area contributed by atoms with Gasteiger partial charge in [0.1, 0.15) is 25.4 Å². The van der Waals surface area contributed by atoms with Crippen LogP contribution in [0.4, 0.5) is 0 Å². The fourth-order valence-electron chi connectivity index (χ4n) is 1.70. The van der Waals surface area contributed by atoms with Crippen LogP contribution < -0.4 is 0 Å². The third-order valence-corrected chi connectivity index (χ3v) is 2.99. The molecule has 22 heavy (non-hydrogen) atoms. The first kappa shape index (κ1) is 18.3. The smallest absolute Gasteiger partial charge is 0.333 e. The summed E-state index contributed by atoms with van der Waals surface area (Å²) >= 11 is 0. The Morgan fingerprint density at radius 2 is 1.59 bits per heavy atom. The van der Waals surface area contributed by atoms with Crippen molar-refractivity contribution in [3.05, 3.63) is 24.3 Å². The number of hydrogen-bond acceptors (Lipinski definition) is 7. The Balaban J connectivity index is 2.22. The number of aliphatic hydroxyl groups is 2. The highest BCUT2D eigenvalue weighted by Crippen LogP contribution is 2.30. The summed E-state index contributed by atoms with van der Waals surface area (Å²) in [5, 5.41) is 19.5. The van der Waals surface area contributed by atoms with E-state index in [1.165, 1.54) is 13.8 Å². The molecule has 0 bridgehead atoms. The molecular weight excluding hydrogens is 292 g/mol. The van der Waals surface area contributed by atoms with E-state index < -0.39 is 30.3 Å². The average Bonchev–Trinajstić information content (AvgIpc) is 3.20. The van der Waals surface area contributed by atoms with Crippen LogP contribution >= 0.6 is 0 Å². The van der Waals surface area contributed by atoms with E-state index in [0.717, 1.165) is 0 Å². The molecule has 1 aliphatic heterocycles. The fraction of sp³-hybridized carbons (Fsp3) is 0.600. The van der Waals surface area contributed by atoms with Crippen molar-refractivity contribution in [1.29, 1.82) is 0 Å². The lowest BCUT2D eigenvalue weighted by Gasteiger charge is -2.11. The van der Waals surface area contributed by atoms with Gasteiger partial charge < -0.3 is 24.4 Å². The lowest BCUT2D eigenvalue weighted by Crippen LogP contribution is -2.27. The highest BCUT2D eigenvalue weighted by Gasteiger charge is 2.45. The molecule has 0 spiro atoms. The zero-order valence-electron chi connectivity index (χ0n) is 12.8. The van der Waals surface area contributed by atoms with Crippen LogP contribution in [0.5, 0.6) is 0 Å². The van der Waals surface area contributed by atoms with Gasteiger partial charge in [-0.05, 0) is 13.8 Å². The van der Waals surface area contributed by atoms with Gasteiger partial charge in [-0.15, -0.1) is 0 Å². The number of ether oxygens (including phenoxy) is 3. The summed E-state index contributed by atoms with van der Waals surface area (Å²) in [4.78, 5) is 22.3. The first-order valence-corrected chi connectivity index (χ1v) is 6.89. The van der Waals surface area contributed by atoms with E-state index in [9.17, 15) is 19.8 Å². The van der Waals surface area contributed by atoms with E-state index in [1.54, 1.807) is 0 Å². The van der Waals surface area contributed by atoms with E-state index in [-0.39, 0.29) is 36.9 Å². The Bertz CT molecular complexity index is 457. The molecule has 0 aliphatic carbocycles. The molecule has 7 nitrogen and oxygen atoms in total. The SMILES string of the molecule is C=C(C)C(=O)OCC(O)CC1OC1C(O)COC(=O)C(=C)C.